The van der Waals surface area contributed by atoms with Crippen LogP contribution in [0.15, 0.2) is 47.7 Å². The summed E-state index contributed by atoms with van der Waals surface area (Å²) in [4.78, 5) is 18.2. The third-order valence-corrected chi connectivity index (χ3v) is 8.48. The minimum Gasteiger partial charge on any atom is -0.493 e. The zero-order valence-corrected chi connectivity index (χ0v) is 25.8. The highest BCUT2D eigenvalue weighted by Gasteiger charge is 2.20. The van der Waals surface area contributed by atoms with Gasteiger partial charge in [-0.25, -0.2) is 9.97 Å². The van der Waals surface area contributed by atoms with Gasteiger partial charge >= 0.3 is 0 Å². The maximum absolute atomic E-state index is 6.35. The Morgan fingerprint density at radius 2 is 1.42 bits per heavy atom. The third kappa shape index (κ3) is 6.65. The molecule has 2 aliphatic carbocycles. The molecule has 0 bridgehead atoms. The van der Waals surface area contributed by atoms with E-state index in [0.29, 0.717) is 18.6 Å². The molecule has 0 aliphatic heterocycles. The number of rotatable bonds is 11. The summed E-state index contributed by atoms with van der Waals surface area (Å²) in [5.41, 5.74) is 4.43. The van der Waals surface area contributed by atoms with Gasteiger partial charge in [0.05, 0.1) is 45.8 Å². The lowest BCUT2D eigenvalue weighted by Gasteiger charge is -2.17. The molecule has 6 rings (SSSR count). The summed E-state index contributed by atoms with van der Waals surface area (Å²) in [6.07, 6.45) is 11.6. The summed E-state index contributed by atoms with van der Waals surface area (Å²) in [7, 11) is 3.37. The number of nitrogens with one attached hydrogen (secondary N) is 1. The van der Waals surface area contributed by atoms with Crippen LogP contribution in [0.2, 0.25) is 0 Å². The lowest BCUT2D eigenvalue weighted by Crippen LogP contribution is -2.16. The molecule has 9 nitrogen and oxygen atoms in total. The monoisotopic (exact) mass is 585 g/mol. The van der Waals surface area contributed by atoms with Crippen molar-refractivity contribution in [1.82, 2.24) is 19.5 Å². The van der Waals surface area contributed by atoms with E-state index < -0.39 is 0 Å². The average Bonchev–Trinajstić information content (AvgIpc) is 3.80. The molecule has 2 saturated carbocycles. The van der Waals surface area contributed by atoms with E-state index in [-0.39, 0.29) is 18.1 Å². The molecule has 2 aliphatic rings. The molecule has 43 heavy (non-hydrogen) atoms. The molecule has 0 amide bonds. The van der Waals surface area contributed by atoms with Crippen LogP contribution in [-0.4, -0.2) is 45.9 Å². The second-order valence-corrected chi connectivity index (χ2v) is 12.0. The fourth-order valence-electron chi connectivity index (χ4n) is 6.06. The molecule has 228 valence electrons. The lowest BCUT2D eigenvalue weighted by atomic mass is 10.2. The first kappa shape index (κ1) is 29.1. The van der Waals surface area contributed by atoms with E-state index in [9.17, 15) is 0 Å². The molecule has 2 aromatic carbocycles. The summed E-state index contributed by atoms with van der Waals surface area (Å²) in [6.45, 7) is 5.32. The van der Waals surface area contributed by atoms with Gasteiger partial charge in [-0.1, -0.05) is 26.0 Å². The first-order valence-electron chi connectivity index (χ1n) is 15.6. The van der Waals surface area contributed by atoms with E-state index in [1.807, 2.05) is 30.6 Å². The van der Waals surface area contributed by atoms with Crippen molar-refractivity contribution in [3.8, 4) is 23.0 Å². The summed E-state index contributed by atoms with van der Waals surface area (Å²) >= 11 is 0. The number of aromatic nitrogens is 4. The van der Waals surface area contributed by atoms with Crippen LogP contribution in [0.5, 0.6) is 23.0 Å². The topological polar surface area (TPSA) is 95.8 Å². The van der Waals surface area contributed by atoms with E-state index >= 15 is 0 Å². The highest BCUT2D eigenvalue weighted by Crippen LogP contribution is 2.34. The molecule has 1 N–H and O–H groups in total. The molecule has 0 radical (unpaired) electrons. The Bertz CT molecular complexity index is 1610. The van der Waals surface area contributed by atoms with Crippen molar-refractivity contribution in [2.75, 3.05) is 14.2 Å². The SMILES string of the molecule is COc1ccc(CN=c2ncn(Cc3ccc(OC)c(OC4CCCC4)c3)c3nc(C(C)C)[nH]c23)cc1OC1CCCC1. The number of fused-ring (bicyclic) bond motifs is 1. The van der Waals surface area contributed by atoms with Crippen molar-refractivity contribution in [1.29, 1.82) is 0 Å². The second-order valence-electron chi connectivity index (χ2n) is 12.0. The predicted molar refractivity (Wildman–Crippen MR) is 166 cm³/mol. The van der Waals surface area contributed by atoms with Crippen LogP contribution in [0.1, 0.15) is 88.1 Å². The number of methoxy groups -OCH3 is 2. The molecule has 9 heteroatoms. The normalized spacial score (nSPS) is 16.4. The predicted octanol–water partition coefficient (Wildman–Crippen LogP) is 6.69. The fourth-order valence-corrected chi connectivity index (χ4v) is 6.06. The van der Waals surface area contributed by atoms with E-state index in [2.05, 4.69) is 35.5 Å². The molecule has 2 heterocycles. The van der Waals surface area contributed by atoms with Gasteiger partial charge < -0.3 is 28.5 Å². The zero-order chi connectivity index (χ0) is 29.8. The van der Waals surface area contributed by atoms with Crippen molar-refractivity contribution in [3.63, 3.8) is 0 Å². The van der Waals surface area contributed by atoms with Crippen molar-refractivity contribution in [2.24, 2.45) is 4.99 Å². The highest BCUT2D eigenvalue weighted by molar-refractivity contribution is 5.69. The maximum Gasteiger partial charge on any atom is 0.177 e. The van der Waals surface area contributed by atoms with Gasteiger partial charge in [-0.15, -0.1) is 0 Å². The smallest absolute Gasteiger partial charge is 0.177 e. The largest absolute Gasteiger partial charge is 0.493 e. The fraction of sp³-hybridized carbons (Fsp3) is 0.500. The molecule has 2 fully saturated rings. The van der Waals surface area contributed by atoms with Crippen LogP contribution in [-0.2, 0) is 13.1 Å². The van der Waals surface area contributed by atoms with Crippen LogP contribution in [0.4, 0.5) is 0 Å². The Kier molecular flexibility index (Phi) is 8.86. The molecular formula is C34H43N5O4. The first-order chi connectivity index (χ1) is 21.0. The van der Waals surface area contributed by atoms with Gasteiger partial charge in [-0.3, -0.25) is 4.99 Å². The van der Waals surface area contributed by atoms with Crippen molar-refractivity contribution >= 4 is 11.2 Å². The molecule has 0 saturated heterocycles. The van der Waals surface area contributed by atoms with Crippen LogP contribution < -0.4 is 24.4 Å². The Morgan fingerprint density at radius 3 is 2.00 bits per heavy atom. The van der Waals surface area contributed by atoms with E-state index in [4.69, 9.17) is 33.9 Å². The summed E-state index contributed by atoms with van der Waals surface area (Å²) < 4.78 is 25.9. The lowest BCUT2D eigenvalue weighted by molar-refractivity contribution is 0.200. The maximum atomic E-state index is 6.35. The number of ether oxygens (including phenoxy) is 4. The molecule has 4 aromatic rings. The molecule has 0 spiro atoms. The van der Waals surface area contributed by atoms with Crippen LogP contribution in [0.3, 0.4) is 0 Å². The zero-order valence-electron chi connectivity index (χ0n) is 25.8. The number of benzene rings is 2. The minimum absolute atomic E-state index is 0.234. The van der Waals surface area contributed by atoms with Crippen LogP contribution >= 0.6 is 0 Å². The first-order valence-corrected chi connectivity index (χ1v) is 15.6. The van der Waals surface area contributed by atoms with Gasteiger partial charge in [0.2, 0.25) is 0 Å². The highest BCUT2D eigenvalue weighted by atomic mass is 16.5. The molecule has 0 atom stereocenters. The number of aromatic amines is 1. The number of imidazole rings is 1. The molecular weight excluding hydrogens is 542 g/mol. The number of hydrogen-bond donors (Lipinski definition) is 1. The second kappa shape index (κ2) is 13.1. The summed E-state index contributed by atoms with van der Waals surface area (Å²) in [5, 5.41) is 0. The Balaban J connectivity index is 1.29. The standard InChI is InChI=1S/C34H43N5O4/c1-22(2)32-37-31-33(35-19-23-13-15-27(40-3)29(17-23)42-25-9-5-6-10-25)36-21-39(34(31)38-32)20-24-14-16-28(41-4)30(18-24)43-26-11-7-8-12-26/h13-18,21-22,25-26H,5-12,19-20H2,1-4H3,(H,37,38). The van der Waals surface area contributed by atoms with Gasteiger partial charge in [0.1, 0.15) is 11.3 Å². The third-order valence-electron chi connectivity index (χ3n) is 8.48. The van der Waals surface area contributed by atoms with Gasteiger partial charge in [-0.2, -0.15) is 0 Å². The van der Waals surface area contributed by atoms with Gasteiger partial charge in [0, 0.05) is 5.92 Å². The Morgan fingerprint density at radius 1 is 0.837 bits per heavy atom. The van der Waals surface area contributed by atoms with Crippen molar-refractivity contribution < 1.29 is 18.9 Å². The summed E-state index contributed by atoms with van der Waals surface area (Å²) in [6, 6.07) is 12.2. The van der Waals surface area contributed by atoms with E-state index in [0.717, 1.165) is 76.8 Å². The van der Waals surface area contributed by atoms with E-state index in [1.54, 1.807) is 14.2 Å². The Hall–Kier alpha value is -4.01. The van der Waals surface area contributed by atoms with Gasteiger partial charge in [0.25, 0.3) is 0 Å². The van der Waals surface area contributed by atoms with E-state index in [1.165, 1.54) is 25.7 Å². The summed E-state index contributed by atoms with van der Waals surface area (Å²) in [5.74, 6) is 4.23. The number of nitrogens with zero attached hydrogens (tertiary/aromatic N) is 4. The van der Waals surface area contributed by atoms with Crippen LogP contribution in [0, 0.1) is 0 Å². The van der Waals surface area contributed by atoms with Crippen LogP contribution in [0.25, 0.3) is 11.2 Å². The molecule has 2 aromatic heterocycles. The van der Waals surface area contributed by atoms with Crippen molar-refractivity contribution in [3.05, 3.63) is 65.2 Å². The quantitative estimate of drug-likeness (QED) is 0.211. The number of H-pyrrole nitrogens is 1. The number of hydrogen-bond acceptors (Lipinski definition) is 7. The molecule has 0 unspecified atom stereocenters. The Labute approximate surface area is 253 Å². The van der Waals surface area contributed by atoms with Gasteiger partial charge in [0.15, 0.2) is 34.1 Å². The minimum atomic E-state index is 0.234. The van der Waals surface area contributed by atoms with Crippen molar-refractivity contribution in [2.45, 2.75) is 96.4 Å². The average molecular weight is 586 g/mol. The van der Waals surface area contributed by atoms with Gasteiger partial charge in [-0.05, 0) is 86.8 Å².